The number of amides is 1. The molecule has 5 nitrogen and oxygen atoms in total. The van der Waals surface area contributed by atoms with Gasteiger partial charge in [0.15, 0.2) is 0 Å². The van der Waals surface area contributed by atoms with Gasteiger partial charge in [-0.2, -0.15) is 0 Å². The molecule has 122 valence electrons. The van der Waals surface area contributed by atoms with E-state index in [1.54, 1.807) is 18.3 Å². The van der Waals surface area contributed by atoms with E-state index in [4.69, 9.17) is 4.74 Å². The Morgan fingerprint density at radius 2 is 2.22 bits per heavy atom. The second-order valence-electron chi connectivity index (χ2n) is 5.76. The van der Waals surface area contributed by atoms with Crippen molar-refractivity contribution in [1.82, 2.24) is 14.9 Å². The van der Waals surface area contributed by atoms with E-state index in [9.17, 15) is 9.18 Å². The molecular formula is C17H20FN3O2. The number of hydrogen-bond donors (Lipinski definition) is 1. The SMILES string of the molecule is Cc1cnc([C@H]2COCCN2C(=O)CCc2ccc(F)cc2)[nH]1. The van der Waals surface area contributed by atoms with E-state index in [0.717, 1.165) is 17.1 Å². The van der Waals surface area contributed by atoms with Crippen molar-refractivity contribution in [2.24, 2.45) is 0 Å². The highest BCUT2D eigenvalue weighted by molar-refractivity contribution is 5.77. The molecule has 1 aromatic heterocycles. The zero-order valence-corrected chi connectivity index (χ0v) is 13.1. The average molecular weight is 317 g/mol. The largest absolute Gasteiger partial charge is 0.377 e. The van der Waals surface area contributed by atoms with Gasteiger partial charge in [-0.3, -0.25) is 4.79 Å². The Morgan fingerprint density at radius 1 is 1.43 bits per heavy atom. The molecule has 1 saturated heterocycles. The molecule has 0 radical (unpaired) electrons. The number of carbonyl (C=O) groups excluding carboxylic acids is 1. The van der Waals surface area contributed by atoms with Crippen LogP contribution >= 0.6 is 0 Å². The van der Waals surface area contributed by atoms with Crippen LogP contribution in [0.5, 0.6) is 0 Å². The summed E-state index contributed by atoms with van der Waals surface area (Å²) in [4.78, 5) is 21.9. The van der Waals surface area contributed by atoms with Crippen molar-refractivity contribution in [2.75, 3.05) is 19.8 Å². The average Bonchev–Trinajstić information content (AvgIpc) is 3.00. The Balaban J connectivity index is 1.65. The van der Waals surface area contributed by atoms with Crippen LogP contribution in [0.3, 0.4) is 0 Å². The van der Waals surface area contributed by atoms with Gasteiger partial charge < -0.3 is 14.6 Å². The summed E-state index contributed by atoms with van der Waals surface area (Å²) in [5, 5.41) is 0. The number of aromatic nitrogens is 2. The van der Waals surface area contributed by atoms with Gasteiger partial charge >= 0.3 is 0 Å². The van der Waals surface area contributed by atoms with Crippen molar-refractivity contribution in [3.8, 4) is 0 Å². The molecule has 0 saturated carbocycles. The maximum atomic E-state index is 12.9. The van der Waals surface area contributed by atoms with Crippen LogP contribution in [0, 0.1) is 12.7 Å². The summed E-state index contributed by atoms with van der Waals surface area (Å²) in [7, 11) is 0. The van der Waals surface area contributed by atoms with Gasteiger partial charge in [0.2, 0.25) is 5.91 Å². The van der Waals surface area contributed by atoms with Crippen LogP contribution in [0.25, 0.3) is 0 Å². The van der Waals surface area contributed by atoms with E-state index in [0.29, 0.717) is 32.6 Å². The first kappa shape index (κ1) is 15.7. The van der Waals surface area contributed by atoms with Crippen molar-refractivity contribution in [3.05, 3.63) is 53.4 Å². The number of nitrogens with one attached hydrogen (secondary N) is 1. The molecule has 0 bridgehead atoms. The predicted octanol–water partition coefficient (Wildman–Crippen LogP) is 2.39. The zero-order chi connectivity index (χ0) is 16.2. The fourth-order valence-corrected chi connectivity index (χ4v) is 2.78. The van der Waals surface area contributed by atoms with E-state index in [1.807, 2.05) is 11.8 Å². The number of benzene rings is 1. The van der Waals surface area contributed by atoms with Crippen molar-refractivity contribution in [1.29, 1.82) is 0 Å². The minimum absolute atomic E-state index is 0.0664. The molecule has 23 heavy (non-hydrogen) atoms. The Labute approximate surface area is 134 Å². The Bertz CT molecular complexity index is 669. The lowest BCUT2D eigenvalue weighted by Gasteiger charge is -2.34. The normalized spacial score (nSPS) is 18.2. The van der Waals surface area contributed by atoms with Crippen LogP contribution in [-0.4, -0.2) is 40.5 Å². The van der Waals surface area contributed by atoms with Crippen molar-refractivity contribution < 1.29 is 13.9 Å². The molecule has 0 unspecified atom stereocenters. The van der Waals surface area contributed by atoms with E-state index >= 15 is 0 Å². The zero-order valence-electron chi connectivity index (χ0n) is 13.1. The first-order valence-corrected chi connectivity index (χ1v) is 7.76. The molecule has 3 rings (SSSR count). The van der Waals surface area contributed by atoms with Crippen LogP contribution in [0.1, 0.15) is 29.5 Å². The summed E-state index contributed by atoms with van der Waals surface area (Å²) >= 11 is 0. The number of aryl methyl sites for hydroxylation is 2. The number of carbonyl (C=O) groups is 1. The topological polar surface area (TPSA) is 58.2 Å². The molecule has 1 aromatic carbocycles. The van der Waals surface area contributed by atoms with Crippen molar-refractivity contribution in [3.63, 3.8) is 0 Å². The quantitative estimate of drug-likeness (QED) is 0.942. The number of rotatable bonds is 4. The summed E-state index contributed by atoms with van der Waals surface area (Å²) in [6, 6.07) is 6.11. The number of H-pyrrole nitrogens is 1. The minimum Gasteiger partial charge on any atom is -0.377 e. The number of nitrogens with zero attached hydrogens (tertiary/aromatic N) is 2. The maximum Gasteiger partial charge on any atom is 0.223 e. The highest BCUT2D eigenvalue weighted by Crippen LogP contribution is 2.23. The minimum atomic E-state index is -0.262. The third kappa shape index (κ3) is 3.76. The lowest BCUT2D eigenvalue weighted by molar-refractivity contribution is -0.140. The third-order valence-corrected chi connectivity index (χ3v) is 4.03. The van der Waals surface area contributed by atoms with Crippen LogP contribution in [-0.2, 0) is 16.0 Å². The summed E-state index contributed by atoms with van der Waals surface area (Å²) in [5.41, 5.74) is 1.92. The van der Waals surface area contributed by atoms with E-state index < -0.39 is 0 Å². The molecule has 1 aliphatic rings. The van der Waals surface area contributed by atoms with Crippen molar-refractivity contribution in [2.45, 2.75) is 25.8 Å². The predicted molar refractivity (Wildman–Crippen MR) is 83.3 cm³/mol. The van der Waals surface area contributed by atoms with E-state index in [2.05, 4.69) is 9.97 Å². The number of aromatic amines is 1. The van der Waals surface area contributed by atoms with Gasteiger partial charge in [0.25, 0.3) is 0 Å². The molecule has 1 N–H and O–H groups in total. The molecule has 1 fully saturated rings. The standard InChI is InChI=1S/C17H20FN3O2/c1-12-10-19-17(20-12)15-11-23-9-8-21(15)16(22)7-4-13-2-5-14(18)6-3-13/h2-3,5-6,10,15H,4,7-9,11H2,1H3,(H,19,20)/t15-/m1/s1. The van der Waals surface area contributed by atoms with Gasteiger partial charge in [0.05, 0.1) is 13.2 Å². The summed E-state index contributed by atoms with van der Waals surface area (Å²) in [6.07, 6.45) is 2.74. The first-order chi connectivity index (χ1) is 11.1. The van der Waals surface area contributed by atoms with Crippen LogP contribution in [0.15, 0.2) is 30.5 Å². The van der Waals surface area contributed by atoms with Crippen molar-refractivity contribution >= 4 is 5.91 Å². The maximum absolute atomic E-state index is 12.9. The van der Waals surface area contributed by atoms with Gasteiger partial charge in [-0.1, -0.05) is 12.1 Å². The summed E-state index contributed by atoms with van der Waals surface area (Å²) in [5.74, 6) is 0.565. The highest BCUT2D eigenvalue weighted by atomic mass is 19.1. The van der Waals surface area contributed by atoms with Gasteiger partial charge in [0, 0.05) is 24.9 Å². The number of morpholine rings is 1. The lowest BCUT2D eigenvalue weighted by atomic mass is 10.1. The van der Waals surface area contributed by atoms with Gasteiger partial charge in [-0.15, -0.1) is 0 Å². The molecular weight excluding hydrogens is 297 g/mol. The van der Waals surface area contributed by atoms with Gasteiger partial charge in [0.1, 0.15) is 17.7 Å². The van der Waals surface area contributed by atoms with Crippen LogP contribution < -0.4 is 0 Å². The molecule has 0 spiro atoms. The first-order valence-electron chi connectivity index (χ1n) is 7.76. The molecule has 1 aliphatic heterocycles. The second-order valence-corrected chi connectivity index (χ2v) is 5.76. The van der Waals surface area contributed by atoms with Gasteiger partial charge in [-0.25, -0.2) is 9.37 Å². The molecule has 6 heteroatoms. The Hall–Kier alpha value is -2.21. The molecule has 0 aliphatic carbocycles. The second kappa shape index (κ2) is 6.91. The fourth-order valence-electron chi connectivity index (χ4n) is 2.78. The number of hydrogen-bond acceptors (Lipinski definition) is 3. The molecule has 1 atom stereocenters. The highest BCUT2D eigenvalue weighted by Gasteiger charge is 2.30. The number of imidazole rings is 1. The Kier molecular flexibility index (Phi) is 4.71. The Morgan fingerprint density at radius 3 is 2.91 bits per heavy atom. The smallest absolute Gasteiger partial charge is 0.223 e. The fraction of sp³-hybridized carbons (Fsp3) is 0.412. The molecule has 2 heterocycles. The third-order valence-electron chi connectivity index (χ3n) is 4.03. The molecule has 1 amide bonds. The summed E-state index contributed by atoms with van der Waals surface area (Å²) < 4.78 is 18.4. The van der Waals surface area contributed by atoms with Crippen LogP contribution in [0.4, 0.5) is 4.39 Å². The molecule has 2 aromatic rings. The van der Waals surface area contributed by atoms with Crippen LogP contribution in [0.2, 0.25) is 0 Å². The van der Waals surface area contributed by atoms with E-state index in [-0.39, 0.29) is 17.8 Å². The number of ether oxygens (including phenoxy) is 1. The lowest BCUT2D eigenvalue weighted by Crippen LogP contribution is -2.44. The van der Waals surface area contributed by atoms with E-state index in [1.165, 1.54) is 12.1 Å². The monoisotopic (exact) mass is 317 g/mol. The summed E-state index contributed by atoms with van der Waals surface area (Å²) in [6.45, 7) is 3.49. The van der Waals surface area contributed by atoms with Gasteiger partial charge in [-0.05, 0) is 31.0 Å². The number of halogens is 1.